The Hall–Kier alpha value is -3.82. The van der Waals surface area contributed by atoms with Crippen molar-refractivity contribution in [2.75, 3.05) is 19.6 Å². The molecule has 2 aliphatic rings. The van der Waals surface area contributed by atoms with Crippen molar-refractivity contribution >= 4 is 23.5 Å². The number of benzene rings is 1. The Balaban J connectivity index is 1.23. The molecule has 2 fully saturated rings. The first kappa shape index (κ1) is 21.0. The predicted molar refractivity (Wildman–Crippen MR) is 116 cm³/mol. The highest BCUT2D eigenvalue weighted by atomic mass is 19.1. The first-order valence-corrected chi connectivity index (χ1v) is 10.8. The topological polar surface area (TPSA) is 99.9 Å². The molecular weight excluding hydrogens is 427 g/mol. The van der Waals surface area contributed by atoms with Gasteiger partial charge in [-0.2, -0.15) is 0 Å². The third-order valence-corrected chi connectivity index (χ3v) is 6.54. The Bertz CT molecular complexity index is 1230. The molecule has 2 aromatic heterocycles. The van der Waals surface area contributed by atoms with Gasteiger partial charge in [0, 0.05) is 25.2 Å². The number of nitrogens with one attached hydrogen (secondary N) is 1. The number of imide groups is 1. The number of rotatable bonds is 4. The van der Waals surface area contributed by atoms with E-state index < -0.39 is 23.3 Å². The van der Waals surface area contributed by atoms with Crippen molar-refractivity contribution in [1.29, 1.82) is 0 Å². The van der Waals surface area contributed by atoms with Crippen LogP contribution in [-0.2, 0) is 15.1 Å². The highest BCUT2D eigenvalue weighted by molar-refractivity contribution is 6.09. The maximum Gasteiger partial charge on any atom is 0.325 e. The van der Waals surface area contributed by atoms with Gasteiger partial charge in [-0.25, -0.2) is 9.18 Å². The summed E-state index contributed by atoms with van der Waals surface area (Å²) >= 11 is 0. The first-order chi connectivity index (χ1) is 15.9. The van der Waals surface area contributed by atoms with Crippen molar-refractivity contribution in [1.82, 2.24) is 29.7 Å². The molecule has 3 aromatic rings. The predicted octanol–water partition coefficient (Wildman–Crippen LogP) is 2.04. The van der Waals surface area contributed by atoms with Crippen LogP contribution in [0.2, 0.25) is 0 Å². The fraction of sp³-hybridized carbons (Fsp3) is 0.348. The average Bonchev–Trinajstić information content (AvgIpc) is 3.34. The van der Waals surface area contributed by atoms with Gasteiger partial charge in [-0.15, -0.1) is 10.2 Å². The number of urea groups is 1. The summed E-state index contributed by atoms with van der Waals surface area (Å²) in [5, 5.41) is 11.2. The van der Waals surface area contributed by atoms with Crippen LogP contribution in [0, 0.1) is 5.82 Å². The molecular formula is C23H23FN6O3. The summed E-state index contributed by atoms with van der Waals surface area (Å²) < 4.78 is 15.2. The van der Waals surface area contributed by atoms with E-state index in [1.807, 2.05) is 28.8 Å². The molecule has 33 heavy (non-hydrogen) atoms. The number of amides is 4. The van der Waals surface area contributed by atoms with Crippen LogP contribution in [0.15, 0.2) is 48.7 Å². The lowest BCUT2D eigenvalue weighted by Crippen LogP contribution is -2.46. The number of carbonyl (C=O) groups excluding carboxylic acids is 3. The van der Waals surface area contributed by atoms with Gasteiger partial charge in [-0.1, -0.05) is 18.2 Å². The normalized spacial score (nSPS) is 21.6. The van der Waals surface area contributed by atoms with E-state index in [0.29, 0.717) is 18.7 Å². The molecule has 2 saturated heterocycles. The molecule has 2 aliphatic heterocycles. The smallest absolute Gasteiger partial charge is 0.325 e. The van der Waals surface area contributed by atoms with E-state index in [0.717, 1.165) is 29.2 Å². The molecule has 1 aromatic carbocycles. The summed E-state index contributed by atoms with van der Waals surface area (Å²) in [4.78, 5) is 41.1. The van der Waals surface area contributed by atoms with Crippen LogP contribution in [0.25, 0.3) is 5.65 Å². The molecule has 0 bridgehead atoms. The Morgan fingerprint density at radius 2 is 1.85 bits per heavy atom. The average molecular weight is 450 g/mol. The number of hydrogen-bond donors (Lipinski definition) is 1. The van der Waals surface area contributed by atoms with Crippen molar-refractivity contribution in [2.45, 2.75) is 31.2 Å². The zero-order valence-electron chi connectivity index (χ0n) is 18.1. The molecule has 0 aliphatic carbocycles. The van der Waals surface area contributed by atoms with Gasteiger partial charge in [-0.3, -0.25) is 18.9 Å². The van der Waals surface area contributed by atoms with Crippen LogP contribution in [0.4, 0.5) is 9.18 Å². The van der Waals surface area contributed by atoms with Gasteiger partial charge in [0.25, 0.3) is 5.91 Å². The zero-order chi connectivity index (χ0) is 23.2. The lowest BCUT2D eigenvalue weighted by atomic mass is 9.92. The van der Waals surface area contributed by atoms with E-state index in [2.05, 4.69) is 15.5 Å². The number of carbonyl (C=O) groups is 3. The fourth-order valence-electron chi connectivity index (χ4n) is 4.58. The molecule has 0 spiro atoms. The quantitative estimate of drug-likeness (QED) is 0.614. The maximum absolute atomic E-state index is 13.3. The summed E-state index contributed by atoms with van der Waals surface area (Å²) in [6.45, 7) is 2.23. The number of nitrogens with zero attached hydrogens (tertiary/aromatic N) is 5. The Labute approximate surface area is 189 Å². The fourth-order valence-corrected chi connectivity index (χ4v) is 4.58. The molecule has 10 heteroatoms. The minimum absolute atomic E-state index is 0.171. The molecule has 1 unspecified atom stereocenters. The first-order valence-electron chi connectivity index (χ1n) is 10.8. The SMILES string of the molecule is CC1(c2ccc(F)cc2)NC(=O)N(CC(=O)N2CCC(c3nnc4ccccn34)CC2)C1=O. The third kappa shape index (κ3) is 3.61. The molecule has 4 amide bonds. The van der Waals surface area contributed by atoms with Gasteiger partial charge in [0.1, 0.15) is 23.7 Å². The maximum atomic E-state index is 13.3. The molecule has 170 valence electrons. The van der Waals surface area contributed by atoms with Gasteiger partial charge < -0.3 is 10.2 Å². The van der Waals surface area contributed by atoms with E-state index in [9.17, 15) is 18.8 Å². The highest BCUT2D eigenvalue weighted by Gasteiger charge is 2.49. The summed E-state index contributed by atoms with van der Waals surface area (Å²) in [7, 11) is 0. The standard InChI is InChI=1S/C23H23FN6O3/c1-23(16-5-7-17(24)8-6-16)21(32)30(22(33)25-23)14-19(31)28-12-9-15(10-13-28)20-27-26-18-4-2-3-11-29(18)20/h2-8,11,15H,9-10,12-14H2,1H3,(H,25,33). The van der Waals surface area contributed by atoms with Crippen LogP contribution in [-0.4, -0.2) is 61.9 Å². The summed E-state index contributed by atoms with van der Waals surface area (Å²) in [6.07, 6.45) is 3.36. The van der Waals surface area contributed by atoms with Crippen molar-refractivity contribution in [3.63, 3.8) is 0 Å². The zero-order valence-corrected chi connectivity index (χ0v) is 18.1. The highest BCUT2D eigenvalue weighted by Crippen LogP contribution is 2.30. The van der Waals surface area contributed by atoms with Crippen LogP contribution in [0.1, 0.15) is 37.1 Å². The van der Waals surface area contributed by atoms with Crippen LogP contribution >= 0.6 is 0 Å². The van der Waals surface area contributed by atoms with Gasteiger partial charge in [0.05, 0.1) is 0 Å². The Morgan fingerprint density at radius 1 is 1.12 bits per heavy atom. The van der Waals surface area contributed by atoms with E-state index in [1.54, 1.807) is 11.8 Å². The number of aromatic nitrogens is 3. The second kappa shape index (κ2) is 7.95. The molecule has 0 radical (unpaired) electrons. The van der Waals surface area contributed by atoms with E-state index >= 15 is 0 Å². The number of halogens is 1. The van der Waals surface area contributed by atoms with Crippen molar-refractivity contribution in [2.24, 2.45) is 0 Å². The number of hydrogen-bond acceptors (Lipinski definition) is 5. The largest absolute Gasteiger partial charge is 0.341 e. The van der Waals surface area contributed by atoms with E-state index in [-0.39, 0.29) is 18.4 Å². The molecule has 9 nitrogen and oxygen atoms in total. The summed E-state index contributed by atoms with van der Waals surface area (Å²) in [5.41, 5.74) is -0.0976. The van der Waals surface area contributed by atoms with E-state index in [1.165, 1.54) is 24.3 Å². The number of likely N-dealkylation sites (tertiary alicyclic amines) is 1. The van der Waals surface area contributed by atoms with Crippen molar-refractivity contribution in [3.8, 4) is 0 Å². The Kier molecular flexibility index (Phi) is 5.07. The molecule has 1 N–H and O–H groups in total. The third-order valence-electron chi connectivity index (χ3n) is 6.54. The second-order valence-corrected chi connectivity index (χ2v) is 8.60. The lowest BCUT2D eigenvalue weighted by Gasteiger charge is -2.32. The summed E-state index contributed by atoms with van der Waals surface area (Å²) in [5.74, 6) is -0.204. The van der Waals surface area contributed by atoms with Crippen molar-refractivity contribution < 1.29 is 18.8 Å². The van der Waals surface area contributed by atoms with Crippen LogP contribution in [0.5, 0.6) is 0 Å². The van der Waals surface area contributed by atoms with Crippen LogP contribution in [0.3, 0.4) is 0 Å². The molecule has 1 atom stereocenters. The van der Waals surface area contributed by atoms with Gasteiger partial charge in [0.2, 0.25) is 5.91 Å². The van der Waals surface area contributed by atoms with Gasteiger partial charge in [-0.05, 0) is 49.6 Å². The van der Waals surface area contributed by atoms with Gasteiger partial charge in [0.15, 0.2) is 5.65 Å². The Morgan fingerprint density at radius 3 is 2.58 bits per heavy atom. The monoisotopic (exact) mass is 450 g/mol. The molecule has 0 saturated carbocycles. The summed E-state index contributed by atoms with van der Waals surface area (Å²) in [6, 6.07) is 10.5. The second-order valence-electron chi connectivity index (χ2n) is 8.60. The van der Waals surface area contributed by atoms with Crippen molar-refractivity contribution in [3.05, 3.63) is 65.9 Å². The lowest BCUT2D eigenvalue weighted by molar-refractivity contribution is -0.139. The molecule has 5 rings (SSSR count). The number of piperidine rings is 1. The van der Waals surface area contributed by atoms with E-state index in [4.69, 9.17) is 0 Å². The van der Waals surface area contributed by atoms with Gasteiger partial charge >= 0.3 is 6.03 Å². The van der Waals surface area contributed by atoms with Crippen LogP contribution < -0.4 is 5.32 Å². The minimum atomic E-state index is -1.34. The number of fused-ring (bicyclic) bond motifs is 1. The number of pyridine rings is 1. The molecule has 4 heterocycles. The minimum Gasteiger partial charge on any atom is -0.341 e.